The Morgan fingerprint density at radius 1 is 1.41 bits per heavy atom. The fraction of sp³-hybridized carbons (Fsp3) is 0.737. The Labute approximate surface area is 161 Å². The standard InChI is InChI=1S/C19H33N5O3/c1-13-16(14(2)27-23-13)8-7-10-21-17(20-6)24-11-9-15(12-24)22-18(25)26-19(3,4)5/h15H,7-12H2,1-6H3,(H,20,21)(H,22,25)/t15-/m1/s1. The van der Waals surface area contributed by atoms with E-state index < -0.39 is 5.60 Å². The Morgan fingerprint density at radius 3 is 2.74 bits per heavy atom. The van der Waals surface area contributed by atoms with Gasteiger partial charge in [0.25, 0.3) is 0 Å². The number of aromatic nitrogens is 1. The first kappa shape index (κ1) is 21.1. The van der Waals surface area contributed by atoms with E-state index >= 15 is 0 Å². The van der Waals surface area contributed by atoms with Gasteiger partial charge in [0, 0.05) is 32.2 Å². The van der Waals surface area contributed by atoms with Crippen LogP contribution in [0.25, 0.3) is 0 Å². The number of rotatable bonds is 5. The molecule has 1 aromatic rings. The van der Waals surface area contributed by atoms with Crippen molar-refractivity contribution >= 4 is 12.1 Å². The summed E-state index contributed by atoms with van der Waals surface area (Å²) < 4.78 is 10.5. The summed E-state index contributed by atoms with van der Waals surface area (Å²) in [5, 5.41) is 10.3. The molecule has 1 aromatic heterocycles. The van der Waals surface area contributed by atoms with Crippen LogP contribution >= 0.6 is 0 Å². The van der Waals surface area contributed by atoms with E-state index in [1.54, 1.807) is 7.05 Å². The van der Waals surface area contributed by atoms with Crippen molar-refractivity contribution < 1.29 is 14.1 Å². The first-order chi connectivity index (χ1) is 12.7. The van der Waals surface area contributed by atoms with E-state index in [0.717, 1.165) is 56.3 Å². The Bertz CT molecular complexity index is 643. The molecule has 2 rings (SSSR count). The number of aryl methyl sites for hydroxylation is 2. The fourth-order valence-electron chi connectivity index (χ4n) is 3.20. The highest BCUT2D eigenvalue weighted by molar-refractivity contribution is 5.80. The van der Waals surface area contributed by atoms with Crippen molar-refractivity contribution in [3.05, 3.63) is 17.0 Å². The van der Waals surface area contributed by atoms with E-state index in [0.29, 0.717) is 0 Å². The van der Waals surface area contributed by atoms with Crippen LogP contribution in [-0.2, 0) is 11.2 Å². The molecule has 0 aliphatic carbocycles. The molecular weight excluding hydrogens is 346 g/mol. The number of likely N-dealkylation sites (tertiary alicyclic amines) is 1. The molecule has 1 atom stereocenters. The topological polar surface area (TPSA) is 92.0 Å². The molecule has 0 spiro atoms. The van der Waals surface area contributed by atoms with Gasteiger partial charge in [-0.1, -0.05) is 5.16 Å². The lowest BCUT2D eigenvalue weighted by Gasteiger charge is -2.23. The number of nitrogens with zero attached hydrogens (tertiary/aromatic N) is 3. The minimum atomic E-state index is -0.485. The third-order valence-electron chi connectivity index (χ3n) is 4.49. The van der Waals surface area contributed by atoms with E-state index in [9.17, 15) is 4.79 Å². The Kier molecular flexibility index (Phi) is 7.10. The summed E-state index contributed by atoms with van der Waals surface area (Å²) in [4.78, 5) is 18.5. The monoisotopic (exact) mass is 379 g/mol. The lowest BCUT2D eigenvalue weighted by atomic mass is 10.1. The maximum atomic E-state index is 11.9. The van der Waals surface area contributed by atoms with Crippen LogP contribution in [0.15, 0.2) is 9.52 Å². The van der Waals surface area contributed by atoms with Crippen molar-refractivity contribution in [1.29, 1.82) is 0 Å². The number of guanidine groups is 1. The van der Waals surface area contributed by atoms with Crippen molar-refractivity contribution in [3.8, 4) is 0 Å². The number of carbonyl (C=O) groups is 1. The van der Waals surface area contributed by atoms with Crippen LogP contribution in [0.3, 0.4) is 0 Å². The SMILES string of the molecule is CN=C(NCCCc1c(C)noc1C)N1CC[C@@H](NC(=O)OC(C)(C)C)C1. The largest absolute Gasteiger partial charge is 0.444 e. The number of amides is 1. The second kappa shape index (κ2) is 9.10. The number of hydrogen-bond acceptors (Lipinski definition) is 5. The van der Waals surface area contributed by atoms with Gasteiger partial charge in [-0.15, -0.1) is 0 Å². The molecule has 0 aromatic carbocycles. The van der Waals surface area contributed by atoms with Crippen LogP contribution in [0.5, 0.6) is 0 Å². The Morgan fingerprint density at radius 2 is 2.15 bits per heavy atom. The Hall–Kier alpha value is -2.25. The van der Waals surface area contributed by atoms with E-state index in [-0.39, 0.29) is 12.1 Å². The maximum Gasteiger partial charge on any atom is 0.407 e. The number of ether oxygens (including phenoxy) is 1. The van der Waals surface area contributed by atoms with E-state index in [2.05, 4.69) is 25.7 Å². The lowest BCUT2D eigenvalue weighted by molar-refractivity contribution is 0.0507. The molecule has 8 heteroatoms. The zero-order chi connectivity index (χ0) is 20.0. The van der Waals surface area contributed by atoms with E-state index in [1.807, 2.05) is 34.6 Å². The second-order valence-corrected chi connectivity index (χ2v) is 7.96. The molecule has 8 nitrogen and oxygen atoms in total. The zero-order valence-electron chi connectivity index (χ0n) is 17.4. The van der Waals surface area contributed by atoms with Crippen molar-refractivity contribution in [2.45, 2.75) is 65.5 Å². The molecule has 1 fully saturated rings. The highest BCUT2D eigenvalue weighted by Gasteiger charge is 2.27. The number of alkyl carbamates (subject to hydrolysis) is 1. The summed E-state index contributed by atoms with van der Waals surface area (Å²) in [6, 6.07) is 0.0701. The van der Waals surface area contributed by atoms with Crippen molar-refractivity contribution in [2.75, 3.05) is 26.7 Å². The first-order valence-corrected chi connectivity index (χ1v) is 9.56. The fourth-order valence-corrected chi connectivity index (χ4v) is 3.20. The molecule has 0 saturated carbocycles. The van der Waals surface area contributed by atoms with Crippen LogP contribution < -0.4 is 10.6 Å². The summed E-state index contributed by atoms with van der Waals surface area (Å²) in [5.41, 5.74) is 1.67. The van der Waals surface area contributed by atoms with Gasteiger partial charge in [-0.3, -0.25) is 4.99 Å². The summed E-state index contributed by atoms with van der Waals surface area (Å²) in [7, 11) is 1.78. The molecule has 1 saturated heterocycles. The molecule has 1 amide bonds. The molecule has 2 N–H and O–H groups in total. The minimum Gasteiger partial charge on any atom is -0.444 e. The van der Waals surface area contributed by atoms with Crippen molar-refractivity contribution in [3.63, 3.8) is 0 Å². The molecule has 1 aliphatic heterocycles. The number of nitrogens with one attached hydrogen (secondary N) is 2. The normalized spacial score (nSPS) is 17.9. The summed E-state index contributed by atoms with van der Waals surface area (Å²) in [5.74, 6) is 1.76. The molecule has 27 heavy (non-hydrogen) atoms. The summed E-state index contributed by atoms with van der Waals surface area (Å²) in [6.45, 7) is 11.9. The molecule has 0 bridgehead atoms. The van der Waals surface area contributed by atoms with Gasteiger partial charge in [0.15, 0.2) is 5.96 Å². The molecule has 2 heterocycles. The zero-order valence-corrected chi connectivity index (χ0v) is 17.4. The van der Waals surface area contributed by atoms with Gasteiger partial charge in [0.2, 0.25) is 0 Å². The van der Waals surface area contributed by atoms with Crippen molar-refractivity contribution in [1.82, 2.24) is 20.7 Å². The average Bonchev–Trinajstić information content (AvgIpc) is 3.14. The number of carbonyl (C=O) groups excluding carboxylic acids is 1. The van der Waals surface area contributed by atoms with Crippen LogP contribution in [0.4, 0.5) is 4.79 Å². The average molecular weight is 380 g/mol. The van der Waals surface area contributed by atoms with Gasteiger partial charge >= 0.3 is 6.09 Å². The second-order valence-electron chi connectivity index (χ2n) is 7.96. The van der Waals surface area contributed by atoms with Gasteiger partial charge in [-0.25, -0.2) is 4.79 Å². The molecule has 0 unspecified atom stereocenters. The number of aliphatic imine (C=N–C) groups is 1. The van der Waals surface area contributed by atoms with Crippen LogP contribution in [-0.4, -0.2) is 60.4 Å². The Balaban J connectivity index is 1.74. The first-order valence-electron chi connectivity index (χ1n) is 9.56. The maximum absolute atomic E-state index is 11.9. The highest BCUT2D eigenvalue weighted by atomic mass is 16.6. The van der Waals surface area contributed by atoms with Crippen molar-refractivity contribution in [2.24, 2.45) is 4.99 Å². The molecular formula is C19H33N5O3. The molecule has 1 aliphatic rings. The van der Waals surface area contributed by atoms with Crippen LogP contribution in [0, 0.1) is 13.8 Å². The lowest BCUT2D eigenvalue weighted by Crippen LogP contribution is -2.44. The quantitative estimate of drug-likeness (QED) is 0.464. The van der Waals surface area contributed by atoms with E-state index in [4.69, 9.17) is 9.26 Å². The van der Waals surface area contributed by atoms with Gasteiger partial charge in [0.1, 0.15) is 11.4 Å². The third-order valence-corrected chi connectivity index (χ3v) is 4.49. The van der Waals surface area contributed by atoms with Gasteiger partial charge in [-0.2, -0.15) is 0 Å². The minimum absolute atomic E-state index is 0.0701. The van der Waals surface area contributed by atoms with E-state index in [1.165, 1.54) is 5.56 Å². The summed E-state index contributed by atoms with van der Waals surface area (Å²) >= 11 is 0. The van der Waals surface area contributed by atoms with Crippen LogP contribution in [0.2, 0.25) is 0 Å². The van der Waals surface area contributed by atoms with Gasteiger partial charge < -0.3 is 24.8 Å². The molecule has 0 radical (unpaired) electrons. The summed E-state index contributed by atoms with van der Waals surface area (Å²) in [6.07, 6.45) is 2.40. The highest BCUT2D eigenvalue weighted by Crippen LogP contribution is 2.14. The van der Waals surface area contributed by atoms with Crippen LogP contribution in [0.1, 0.15) is 50.6 Å². The number of hydrogen-bond donors (Lipinski definition) is 2. The predicted octanol–water partition coefficient (Wildman–Crippen LogP) is 2.40. The van der Waals surface area contributed by atoms with Gasteiger partial charge in [-0.05, 0) is 53.9 Å². The predicted molar refractivity (Wildman–Crippen MR) is 105 cm³/mol. The van der Waals surface area contributed by atoms with Gasteiger partial charge in [0.05, 0.1) is 11.7 Å². The third kappa shape index (κ3) is 6.45. The smallest absolute Gasteiger partial charge is 0.407 e. The molecule has 152 valence electrons.